The van der Waals surface area contributed by atoms with Crippen LogP contribution in [0, 0.1) is 0 Å². The molecular weight excluding hydrogens is 190 g/mol. The van der Waals surface area contributed by atoms with Gasteiger partial charge >= 0.3 is 0 Å². The Morgan fingerprint density at radius 1 is 1.53 bits per heavy atom. The van der Waals surface area contributed by atoms with Crippen molar-refractivity contribution in [3.05, 3.63) is 30.1 Å². The van der Waals surface area contributed by atoms with Gasteiger partial charge in [0.25, 0.3) is 0 Å². The number of carbonyl (C=O) groups is 1. The van der Waals surface area contributed by atoms with Crippen molar-refractivity contribution in [1.29, 1.82) is 0 Å². The zero-order chi connectivity index (χ0) is 11.1. The highest BCUT2D eigenvalue weighted by Crippen LogP contribution is 1.93. The highest BCUT2D eigenvalue weighted by atomic mass is 16.2. The number of amides is 1. The molecule has 1 aromatic rings. The number of rotatable bonds is 5. The van der Waals surface area contributed by atoms with Gasteiger partial charge in [0.05, 0.1) is 6.04 Å². The van der Waals surface area contributed by atoms with Gasteiger partial charge in [0.2, 0.25) is 5.91 Å². The molecule has 0 aliphatic carbocycles. The fourth-order valence-electron chi connectivity index (χ4n) is 1.14. The van der Waals surface area contributed by atoms with E-state index in [4.69, 9.17) is 0 Å². The van der Waals surface area contributed by atoms with Gasteiger partial charge in [-0.15, -0.1) is 0 Å². The lowest BCUT2D eigenvalue weighted by Crippen LogP contribution is -2.41. The molecule has 1 aromatic heterocycles. The van der Waals surface area contributed by atoms with E-state index in [0.717, 1.165) is 12.1 Å². The Hall–Kier alpha value is -1.42. The second-order valence-corrected chi connectivity index (χ2v) is 3.37. The third kappa shape index (κ3) is 4.08. The van der Waals surface area contributed by atoms with Crippen LogP contribution in [0.1, 0.15) is 12.6 Å². The average molecular weight is 207 g/mol. The Balaban J connectivity index is 2.25. The second-order valence-electron chi connectivity index (χ2n) is 3.37. The van der Waals surface area contributed by atoms with Crippen LogP contribution in [0.15, 0.2) is 24.4 Å². The Labute approximate surface area is 90.1 Å². The maximum Gasteiger partial charge on any atom is 0.236 e. The molecule has 15 heavy (non-hydrogen) atoms. The third-order valence-corrected chi connectivity index (χ3v) is 2.23. The second kappa shape index (κ2) is 6.14. The molecule has 4 nitrogen and oxygen atoms in total. The molecule has 2 N–H and O–H groups in total. The summed E-state index contributed by atoms with van der Waals surface area (Å²) in [6.07, 6.45) is 2.52. The van der Waals surface area contributed by atoms with Crippen molar-refractivity contribution in [2.24, 2.45) is 0 Å². The van der Waals surface area contributed by atoms with Crippen LogP contribution in [0.25, 0.3) is 0 Å². The van der Waals surface area contributed by atoms with Crippen molar-refractivity contribution < 1.29 is 4.79 Å². The van der Waals surface area contributed by atoms with Crippen LogP contribution in [-0.4, -0.2) is 30.5 Å². The molecule has 1 rings (SSSR count). The van der Waals surface area contributed by atoms with Crippen molar-refractivity contribution in [1.82, 2.24) is 15.6 Å². The Kier molecular flexibility index (Phi) is 4.77. The van der Waals surface area contributed by atoms with Crippen LogP contribution in [0.2, 0.25) is 0 Å². The highest BCUT2D eigenvalue weighted by Gasteiger charge is 2.08. The quantitative estimate of drug-likeness (QED) is 0.732. The van der Waals surface area contributed by atoms with Crippen LogP contribution in [-0.2, 0) is 11.2 Å². The summed E-state index contributed by atoms with van der Waals surface area (Å²) in [7, 11) is 1.77. The zero-order valence-electron chi connectivity index (χ0n) is 9.16. The van der Waals surface area contributed by atoms with Crippen LogP contribution >= 0.6 is 0 Å². The number of aromatic nitrogens is 1. The van der Waals surface area contributed by atoms with Crippen molar-refractivity contribution in [2.45, 2.75) is 19.4 Å². The summed E-state index contributed by atoms with van der Waals surface area (Å²) in [5.74, 6) is 0.0217. The van der Waals surface area contributed by atoms with E-state index in [2.05, 4.69) is 15.6 Å². The van der Waals surface area contributed by atoms with Gasteiger partial charge in [-0.1, -0.05) is 6.07 Å². The van der Waals surface area contributed by atoms with E-state index in [1.165, 1.54) is 0 Å². The minimum atomic E-state index is -0.145. The summed E-state index contributed by atoms with van der Waals surface area (Å²) >= 11 is 0. The fourth-order valence-corrected chi connectivity index (χ4v) is 1.14. The van der Waals surface area contributed by atoms with E-state index in [1.54, 1.807) is 13.2 Å². The third-order valence-electron chi connectivity index (χ3n) is 2.23. The van der Waals surface area contributed by atoms with Crippen molar-refractivity contribution in [3.63, 3.8) is 0 Å². The maximum atomic E-state index is 11.4. The average Bonchev–Trinajstić information content (AvgIpc) is 2.29. The molecule has 0 aliphatic rings. The van der Waals surface area contributed by atoms with E-state index in [-0.39, 0.29) is 11.9 Å². The van der Waals surface area contributed by atoms with E-state index < -0.39 is 0 Å². The first kappa shape index (κ1) is 11.7. The fraction of sp³-hybridized carbons (Fsp3) is 0.455. The predicted molar refractivity (Wildman–Crippen MR) is 59.5 cm³/mol. The number of hydrogen-bond donors (Lipinski definition) is 2. The van der Waals surface area contributed by atoms with Crippen LogP contribution < -0.4 is 10.6 Å². The molecule has 1 atom stereocenters. The van der Waals surface area contributed by atoms with Gasteiger partial charge in [0.1, 0.15) is 0 Å². The van der Waals surface area contributed by atoms with Gasteiger partial charge in [0, 0.05) is 24.9 Å². The summed E-state index contributed by atoms with van der Waals surface area (Å²) in [4.78, 5) is 15.5. The van der Waals surface area contributed by atoms with Crippen molar-refractivity contribution in [3.8, 4) is 0 Å². The summed E-state index contributed by atoms with van der Waals surface area (Å²) in [5.41, 5.74) is 0.995. The number of pyridine rings is 1. The Morgan fingerprint density at radius 3 is 2.93 bits per heavy atom. The first-order valence-electron chi connectivity index (χ1n) is 5.09. The molecule has 0 radical (unpaired) electrons. The standard InChI is InChI=1S/C11H17N3O/c1-9(12-2)11(15)14-8-6-10-5-3-4-7-13-10/h3-5,7,9,12H,6,8H2,1-2H3,(H,14,15). The summed E-state index contributed by atoms with van der Waals surface area (Å²) in [6.45, 7) is 2.46. The molecule has 0 spiro atoms. The maximum absolute atomic E-state index is 11.4. The zero-order valence-corrected chi connectivity index (χ0v) is 9.16. The number of nitrogens with zero attached hydrogens (tertiary/aromatic N) is 1. The van der Waals surface area contributed by atoms with Crippen LogP contribution in [0.5, 0.6) is 0 Å². The lowest BCUT2D eigenvalue weighted by Gasteiger charge is -2.10. The molecular formula is C11H17N3O. The van der Waals surface area contributed by atoms with Gasteiger partial charge in [-0.3, -0.25) is 9.78 Å². The molecule has 1 amide bonds. The molecule has 0 saturated heterocycles. The number of hydrogen-bond acceptors (Lipinski definition) is 3. The highest BCUT2D eigenvalue weighted by molar-refractivity contribution is 5.81. The minimum absolute atomic E-state index is 0.0217. The van der Waals surface area contributed by atoms with E-state index in [1.807, 2.05) is 25.1 Å². The van der Waals surface area contributed by atoms with E-state index in [0.29, 0.717) is 6.54 Å². The number of likely N-dealkylation sites (N-methyl/N-ethyl adjacent to an activating group) is 1. The normalized spacial score (nSPS) is 12.1. The summed E-state index contributed by atoms with van der Waals surface area (Å²) < 4.78 is 0. The van der Waals surface area contributed by atoms with Crippen molar-refractivity contribution >= 4 is 5.91 Å². The minimum Gasteiger partial charge on any atom is -0.354 e. The molecule has 0 bridgehead atoms. The largest absolute Gasteiger partial charge is 0.354 e. The van der Waals surface area contributed by atoms with Crippen molar-refractivity contribution in [2.75, 3.05) is 13.6 Å². The van der Waals surface area contributed by atoms with Gasteiger partial charge in [-0.05, 0) is 26.1 Å². The molecule has 1 unspecified atom stereocenters. The van der Waals surface area contributed by atoms with Gasteiger partial charge in [-0.25, -0.2) is 0 Å². The predicted octanol–water partition coefficient (Wildman–Crippen LogP) is 0.348. The molecule has 0 aromatic carbocycles. The number of nitrogens with one attached hydrogen (secondary N) is 2. The molecule has 82 valence electrons. The lowest BCUT2D eigenvalue weighted by atomic mass is 10.2. The molecule has 0 fully saturated rings. The summed E-state index contributed by atoms with van der Waals surface area (Å²) in [6, 6.07) is 5.63. The van der Waals surface area contributed by atoms with Crippen LogP contribution in [0.3, 0.4) is 0 Å². The molecule has 1 heterocycles. The van der Waals surface area contributed by atoms with E-state index in [9.17, 15) is 4.79 Å². The van der Waals surface area contributed by atoms with E-state index >= 15 is 0 Å². The summed E-state index contributed by atoms with van der Waals surface area (Å²) in [5, 5.41) is 5.73. The number of carbonyl (C=O) groups excluding carboxylic acids is 1. The monoisotopic (exact) mass is 207 g/mol. The Morgan fingerprint density at radius 2 is 2.33 bits per heavy atom. The molecule has 4 heteroatoms. The van der Waals surface area contributed by atoms with Gasteiger partial charge in [0.15, 0.2) is 0 Å². The van der Waals surface area contributed by atoms with Gasteiger partial charge in [-0.2, -0.15) is 0 Å². The Bertz CT molecular complexity index is 300. The first-order valence-corrected chi connectivity index (χ1v) is 5.09. The SMILES string of the molecule is CNC(C)C(=O)NCCc1ccccn1. The van der Waals surface area contributed by atoms with Gasteiger partial charge < -0.3 is 10.6 Å². The topological polar surface area (TPSA) is 54.0 Å². The lowest BCUT2D eigenvalue weighted by molar-refractivity contribution is -0.122. The molecule has 0 aliphatic heterocycles. The molecule has 0 saturated carbocycles. The first-order chi connectivity index (χ1) is 7.24. The van der Waals surface area contributed by atoms with Crippen LogP contribution in [0.4, 0.5) is 0 Å². The smallest absolute Gasteiger partial charge is 0.236 e.